The van der Waals surface area contributed by atoms with Gasteiger partial charge in [-0.25, -0.2) is 0 Å². The Bertz CT molecular complexity index is 1100. The number of hydrogen-bond donors (Lipinski definition) is 2. The Kier molecular flexibility index (Phi) is 4.90. The summed E-state index contributed by atoms with van der Waals surface area (Å²) in [4.78, 5) is 24.0. The maximum atomic E-state index is 13.0. The van der Waals surface area contributed by atoms with Gasteiger partial charge in [0.25, 0.3) is 5.56 Å². The molecule has 0 aliphatic rings. The van der Waals surface area contributed by atoms with Crippen LogP contribution in [0.4, 0.5) is 5.69 Å². The van der Waals surface area contributed by atoms with Gasteiger partial charge in [0.1, 0.15) is 5.75 Å². The molecule has 0 amide bonds. The number of fused-ring (bicyclic) bond motifs is 1. The van der Waals surface area contributed by atoms with E-state index in [1.807, 2.05) is 37.3 Å². The summed E-state index contributed by atoms with van der Waals surface area (Å²) in [6.45, 7) is 1.84. The van der Waals surface area contributed by atoms with Gasteiger partial charge in [-0.15, -0.1) is 0 Å². The predicted octanol–water partition coefficient (Wildman–Crippen LogP) is 3.12. The Morgan fingerprint density at radius 3 is 2.52 bits per heavy atom. The highest BCUT2D eigenvalue weighted by molar-refractivity contribution is 6.02. The number of nitrogens with zero attached hydrogens (tertiary/aromatic N) is 1. The molecule has 6 heteroatoms. The van der Waals surface area contributed by atoms with E-state index in [0.717, 1.165) is 22.0 Å². The van der Waals surface area contributed by atoms with Crippen LogP contribution in [0.25, 0.3) is 21.9 Å². The third kappa shape index (κ3) is 3.26. The normalized spacial score (nSPS) is 10.9. The van der Waals surface area contributed by atoms with Gasteiger partial charge in [0.05, 0.1) is 12.7 Å². The number of nitrogens with two attached hydrogens (primary N) is 1. The Hall–Kier alpha value is -3.28. The van der Waals surface area contributed by atoms with E-state index in [9.17, 15) is 9.59 Å². The molecular formula is C21H22N2O4. The lowest BCUT2D eigenvalue weighted by atomic mass is 9.92. The zero-order valence-electron chi connectivity index (χ0n) is 15.6. The highest BCUT2D eigenvalue weighted by Crippen LogP contribution is 2.37. The zero-order valence-corrected chi connectivity index (χ0v) is 15.6. The van der Waals surface area contributed by atoms with Crippen LogP contribution in [0.1, 0.15) is 17.7 Å². The van der Waals surface area contributed by atoms with E-state index in [-0.39, 0.29) is 12.0 Å². The molecule has 0 spiro atoms. The minimum atomic E-state index is -0.878. The minimum absolute atomic E-state index is 0.0108. The first-order chi connectivity index (χ1) is 12.8. The number of aromatic nitrogens is 1. The zero-order chi connectivity index (χ0) is 19.7. The second-order valence-electron chi connectivity index (χ2n) is 6.52. The van der Waals surface area contributed by atoms with Crippen molar-refractivity contribution < 1.29 is 14.6 Å². The van der Waals surface area contributed by atoms with Crippen LogP contribution < -0.4 is 16.0 Å². The van der Waals surface area contributed by atoms with Crippen molar-refractivity contribution >= 4 is 22.4 Å². The fraction of sp³-hybridized carbons (Fsp3) is 0.238. The Morgan fingerprint density at radius 1 is 1.22 bits per heavy atom. The average molecular weight is 366 g/mol. The molecule has 0 saturated heterocycles. The van der Waals surface area contributed by atoms with Crippen molar-refractivity contribution in [3.8, 4) is 16.9 Å². The summed E-state index contributed by atoms with van der Waals surface area (Å²) in [5.41, 5.74) is 9.26. The van der Waals surface area contributed by atoms with Gasteiger partial charge in [-0.1, -0.05) is 24.3 Å². The molecule has 27 heavy (non-hydrogen) atoms. The second kappa shape index (κ2) is 7.15. The lowest BCUT2D eigenvalue weighted by Crippen LogP contribution is -2.21. The largest absolute Gasteiger partial charge is 0.496 e. The quantitative estimate of drug-likeness (QED) is 0.677. The molecule has 0 saturated carbocycles. The van der Waals surface area contributed by atoms with Crippen molar-refractivity contribution in [2.75, 3.05) is 12.8 Å². The number of nitrogen functional groups attached to an aromatic ring is 1. The molecule has 0 fully saturated rings. The summed E-state index contributed by atoms with van der Waals surface area (Å²) in [5, 5.41) is 10.7. The van der Waals surface area contributed by atoms with Crippen LogP contribution in [-0.4, -0.2) is 22.8 Å². The van der Waals surface area contributed by atoms with Gasteiger partial charge in [-0.3, -0.25) is 9.59 Å². The van der Waals surface area contributed by atoms with Crippen LogP contribution >= 0.6 is 0 Å². The fourth-order valence-corrected chi connectivity index (χ4v) is 3.38. The van der Waals surface area contributed by atoms with E-state index in [4.69, 9.17) is 15.6 Å². The van der Waals surface area contributed by atoms with Crippen LogP contribution in [0.2, 0.25) is 0 Å². The molecular weight excluding hydrogens is 344 g/mol. The van der Waals surface area contributed by atoms with Crippen LogP contribution in [0.5, 0.6) is 5.75 Å². The minimum Gasteiger partial charge on any atom is -0.496 e. The first-order valence-electron chi connectivity index (χ1n) is 8.62. The Morgan fingerprint density at radius 2 is 1.89 bits per heavy atom. The van der Waals surface area contributed by atoms with Gasteiger partial charge < -0.3 is 20.1 Å². The summed E-state index contributed by atoms with van der Waals surface area (Å²) < 4.78 is 7.05. The number of carboxylic acids is 1. The first-order valence-corrected chi connectivity index (χ1v) is 8.62. The van der Waals surface area contributed by atoms with E-state index in [1.165, 1.54) is 7.11 Å². The fourth-order valence-electron chi connectivity index (χ4n) is 3.38. The molecule has 3 N–H and O–H groups in total. The summed E-state index contributed by atoms with van der Waals surface area (Å²) >= 11 is 0. The summed E-state index contributed by atoms with van der Waals surface area (Å²) in [7, 11) is 3.25. The van der Waals surface area contributed by atoms with Gasteiger partial charge in [-0.2, -0.15) is 0 Å². The van der Waals surface area contributed by atoms with E-state index in [0.29, 0.717) is 29.0 Å². The summed E-state index contributed by atoms with van der Waals surface area (Å²) in [5.74, 6) is -0.393. The van der Waals surface area contributed by atoms with Gasteiger partial charge in [0, 0.05) is 36.5 Å². The number of carboxylic acid groups (broad SMARTS) is 1. The molecule has 2 aromatic carbocycles. The van der Waals surface area contributed by atoms with Crippen molar-refractivity contribution in [3.63, 3.8) is 0 Å². The number of benzene rings is 2. The SMILES string of the molecule is COc1cc(C)n(C)c(=O)c1-c1cc(N)c(CCC(=O)O)c2ccccc12. The number of rotatable bonds is 5. The number of aryl methyl sites for hydroxylation is 2. The first kappa shape index (κ1) is 18.5. The van der Waals surface area contributed by atoms with E-state index < -0.39 is 5.97 Å². The van der Waals surface area contributed by atoms with Gasteiger partial charge in [-0.05, 0) is 35.7 Å². The van der Waals surface area contributed by atoms with Crippen molar-refractivity contribution in [2.45, 2.75) is 19.8 Å². The number of pyridine rings is 1. The van der Waals surface area contributed by atoms with Crippen LogP contribution in [0.15, 0.2) is 41.2 Å². The number of carbonyl (C=O) groups is 1. The van der Waals surface area contributed by atoms with Crippen molar-refractivity contribution in [1.82, 2.24) is 4.57 Å². The smallest absolute Gasteiger partial charge is 0.303 e. The molecule has 1 heterocycles. The molecule has 0 radical (unpaired) electrons. The lowest BCUT2D eigenvalue weighted by Gasteiger charge is -2.17. The maximum absolute atomic E-state index is 13.0. The standard InChI is InChI=1S/C21H22N2O4/c1-12-10-18(27-3)20(21(26)23(12)2)16-11-17(22)15(8-9-19(24)25)13-6-4-5-7-14(13)16/h4-7,10-11H,8-9,22H2,1-3H3,(H,24,25). The van der Waals surface area contributed by atoms with E-state index >= 15 is 0 Å². The van der Waals surface area contributed by atoms with Crippen LogP contribution in [-0.2, 0) is 18.3 Å². The van der Waals surface area contributed by atoms with Crippen molar-refractivity contribution in [1.29, 1.82) is 0 Å². The summed E-state index contributed by atoms with van der Waals surface area (Å²) in [6, 6.07) is 11.1. The van der Waals surface area contributed by atoms with Crippen molar-refractivity contribution in [2.24, 2.45) is 7.05 Å². The third-order valence-corrected chi connectivity index (χ3v) is 4.90. The van der Waals surface area contributed by atoms with Crippen molar-refractivity contribution in [3.05, 3.63) is 58.0 Å². The number of ether oxygens (including phenoxy) is 1. The second-order valence-corrected chi connectivity index (χ2v) is 6.52. The van der Waals surface area contributed by atoms with E-state index in [2.05, 4.69) is 0 Å². The molecule has 0 aliphatic carbocycles. The molecule has 140 valence electrons. The van der Waals surface area contributed by atoms with Gasteiger partial charge in [0.2, 0.25) is 0 Å². The molecule has 0 aliphatic heterocycles. The number of anilines is 1. The van der Waals surface area contributed by atoms with Crippen LogP contribution in [0, 0.1) is 6.92 Å². The Balaban J connectivity index is 2.36. The maximum Gasteiger partial charge on any atom is 0.303 e. The lowest BCUT2D eigenvalue weighted by molar-refractivity contribution is -0.136. The van der Waals surface area contributed by atoms with E-state index in [1.54, 1.807) is 17.7 Å². The molecule has 0 bridgehead atoms. The molecule has 0 unspecified atom stereocenters. The molecule has 0 atom stereocenters. The number of hydrogen-bond acceptors (Lipinski definition) is 4. The Labute approximate surface area is 156 Å². The molecule has 1 aromatic heterocycles. The summed E-state index contributed by atoms with van der Waals surface area (Å²) in [6.07, 6.45) is 0.314. The van der Waals surface area contributed by atoms with Gasteiger partial charge in [0.15, 0.2) is 0 Å². The predicted molar refractivity (Wildman–Crippen MR) is 106 cm³/mol. The average Bonchev–Trinajstić information content (AvgIpc) is 2.64. The molecule has 3 aromatic rings. The number of methoxy groups -OCH3 is 1. The third-order valence-electron chi connectivity index (χ3n) is 4.90. The van der Waals surface area contributed by atoms with Gasteiger partial charge >= 0.3 is 5.97 Å². The monoisotopic (exact) mass is 366 g/mol. The number of aliphatic carboxylic acids is 1. The molecule has 6 nitrogen and oxygen atoms in total. The van der Waals surface area contributed by atoms with Crippen LogP contribution in [0.3, 0.4) is 0 Å². The molecule has 3 rings (SSSR count). The highest BCUT2D eigenvalue weighted by atomic mass is 16.5. The highest BCUT2D eigenvalue weighted by Gasteiger charge is 2.19. The topological polar surface area (TPSA) is 94.5 Å².